The lowest BCUT2D eigenvalue weighted by Gasteiger charge is -2.24. The second kappa shape index (κ2) is 10.9. The van der Waals surface area contributed by atoms with Crippen molar-refractivity contribution in [2.75, 3.05) is 13.7 Å². The molecule has 0 aromatic carbocycles. The fraction of sp³-hybridized carbons (Fsp3) is 0.882. The van der Waals surface area contributed by atoms with E-state index in [0.717, 1.165) is 38.6 Å². The molecular weight excluding hydrogens is 316 g/mol. The van der Waals surface area contributed by atoms with Gasteiger partial charge in [-0.15, -0.1) is 12.4 Å². The van der Waals surface area contributed by atoms with Crippen molar-refractivity contribution in [3.63, 3.8) is 0 Å². The number of nitrogens with one attached hydrogen (secondary N) is 2. The third-order valence-electron chi connectivity index (χ3n) is 5.01. The molecule has 0 spiro atoms. The van der Waals surface area contributed by atoms with Crippen LogP contribution >= 0.6 is 12.4 Å². The Bertz CT molecular complexity index is 365. The van der Waals surface area contributed by atoms with Crippen molar-refractivity contribution in [1.29, 1.82) is 0 Å². The first-order valence-corrected chi connectivity index (χ1v) is 8.81. The number of amides is 1. The van der Waals surface area contributed by atoms with Crippen LogP contribution in [-0.2, 0) is 14.3 Å². The predicted molar refractivity (Wildman–Crippen MR) is 92.6 cm³/mol. The van der Waals surface area contributed by atoms with E-state index in [1.807, 2.05) is 0 Å². The van der Waals surface area contributed by atoms with Gasteiger partial charge < -0.3 is 15.4 Å². The number of ether oxygens (including phenoxy) is 1. The third kappa shape index (κ3) is 6.68. The number of rotatable bonds is 8. The minimum absolute atomic E-state index is 0. The van der Waals surface area contributed by atoms with Crippen LogP contribution in [0.25, 0.3) is 0 Å². The normalized spacial score (nSPS) is 26.0. The molecule has 0 bridgehead atoms. The molecule has 23 heavy (non-hydrogen) atoms. The number of unbranched alkanes of at least 4 members (excludes halogenated alkanes) is 3. The Morgan fingerprint density at radius 2 is 1.87 bits per heavy atom. The zero-order valence-corrected chi connectivity index (χ0v) is 15.0. The molecule has 1 aliphatic heterocycles. The molecule has 1 aliphatic carbocycles. The first-order chi connectivity index (χ1) is 10.7. The highest BCUT2D eigenvalue weighted by Gasteiger charge is 2.37. The van der Waals surface area contributed by atoms with Crippen LogP contribution in [0, 0.1) is 5.92 Å². The van der Waals surface area contributed by atoms with Crippen LogP contribution in [0.3, 0.4) is 0 Å². The van der Waals surface area contributed by atoms with E-state index in [2.05, 4.69) is 15.4 Å². The second-order valence-corrected chi connectivity index (χ2v) is 6.64. The molecule has 2 aliphatic rings. The molecule has 1 amide bonds. The zero-order chi connectivity index (χ0) is 15.8. The Morgan fingerprint density at radius 1 is 1.13 bits per heavy atom. The average molecular weight is 347 g/mol. The molecular formula is C17H31ClN2O3. The summed E-state index contributed by atoms with van der Waals surface area (Å²) in [6, 6.07) is 0.593. The lowest BCUT2D eigenvalue weighted by molar-refractivity contribution is -0.140. The standard InChI is InChI=1S/C17H30N2O3.ClH/c1-22-16(20)10-4-2-3-7-11-18-17(21)15-12-13-8-5-6-9-14(13)19-15;/h13-15,19H,2-12H2,1H3,(H,18,21);1H. The van der Waals surface area contributed by atoms with Gasteiger partial charge in [0.05, 0.1) is 13.2 Å². The van der Waals surface area contributed by atoms with Gasteiger partial charge >= 0.3 is 5.97 Å². The van der Waals surface area contributed by atoms with Gasteiger partial charge in [0.1, 0.15) is 0 Å². The molecule has 1 heterocycles. The molecule has 2 fully saturated rings. The molecule has 3 atom stereocenters. The summed E-state index contributed by atoms with van der Waals surface area (Å²) in [6.07, 6.45) is 10.5. The van der Waals surface area contributed by atoms with E-state index in [9.17, 15) is 9.59 Å². The van der Waals surface area contributed by atoms with Crippen molar-refractivity contribution < 1.29 is 14.3 Å². The van der Waals surface area contributed by atoms with Crippen molar-refractivity contribution in [3.05, 3.63) is 0 Å². The van der Waals surface area contributed by atoms with Crippen LogP contribution in [0.15, 0.2) is 0 Å². The smallest absolute Gasteiger partial charge is 0.305 e. The first kappa shape index (κ1) is 20.2. The van der Waals surface area contributed by atoms with Gasteiger partial charge in [-0.25, -0.2) is 0 Å². The highest BCUT2D eigenvalue weighted by Crippen LogP contribution is 2.33. The van der Waals surface area contributed by atoms with Gasteiger partial charge in [-0.2, -0.15) is 0 Å². The minimum Gasteiger partial charge on any atom is -0.469 e. The maximum absolute atomic E-state index is 12.2. The van der Waals surface area contributed by atoms with Crippen molar-refractivity contribution in [1.82, 2.24) is 10.6 Å². The summed E-state index contributed by atoms with van der Waals surface area (Å²) in [7, 11) is 1.42. The van der Waals surface area contributed by atoms with Gasteiger partial charge in [-0.05, 0) is 38.0 Å². The molecule has 2 N–H and O–H groups in total. The summed E-state index contributed by atoms with van der Waals surface area (Å²) in [6.45, 7) is 0.741. The number of fused-ring (bicyclic) bond motifs is 1. The summed E-state index contributed by atoms with van der Waals surface area (Å²) >= 11 is 0. The topological polar surface area (TPSA) is 67.4 Å². The van der Waals surface area contributed by atoms with E-state index in [1.54, 1.807) is 0 Å². The maximum atomic E-state index is 12.2. The molecule has 6 heteroatoms. The van der Waals surface area contributed by atoms with Gasteiger partial charge in [0.15, 0.2) is 0 Å². The second-order valence-electron chi connectivity index (χ2n) is 6.64. The Hall–Kier alpha value is -0.810. The van der Waals surface area contributed by atoms with Crippen LogP contribution in [0.1, 0.15) is 64.2 Å². The van der Waals surface area contributed by atoms with Gasteiger partial charge in [-0.3, -0.25) is 9.59 Å². The number of methoxy groups -OCH3 is 1. The highest BCUT2D eigenvalue weighted by molar-refractivity contribution is 5.85. The predicted octanol–water partition coefficient (Wildman–Crippen LogP) is 2.57. The molecule has 0 aromatic rings. The monoisotopic (exact) mass is 346 g/mol. The molecule has 1 saturated carbocycles. The molecule has 2 rings (SSSR count). The fourth-order valence-corrected chi connectivity index (χ4v) is 3.71. The summed E-state index contributed by atoms with van der Waals surface area (Å²) in [5.74, 6) is 0.744. The number of carbonyl (C=O) groups excluding carboxylic acids is 2. The van der Waals surface area contributed by atoms with Crippen LogP contribution < -0.4 is 10.6 Å². The Kier molecular flexibility index (Phi) is 9.56. The average Bonchev–Trinajstić information content (AvgIpc) is 2.97. The quantitative estimate of drug-likeness (QED) is 0.523. The van der Waals surface area contributed by atoms with Gasteiger partial charge in [-0.1, -0.05) is 25.7 Å². The lowest BCUT2D eigenvalue weighted by atomic mass is 9.85. The molecule has 1 saturated heterocycles. The number of hydrogen-bond acceptors (Lipinski definition) is 4. The van der Waals surface area contributed by atoms with E-state index in [-0.39, 0.29) is 30.3 Å². The largest absolute Gasteiger partial charge is 0.469 e. The van der Waals surface area contributed by atoms with Crippen molar-refractivity contribution in [2.45, 2.75) is 76.3 Å². The van der Waals surface area contributed by atoms with Gasteiger partial charge in [0.2, 0.25) is 5.91 Å². The van der Waals surface area contributed by atoms with Gasteiger partial charge in [0.25, 0.3) is 0 Å². The lowest BCUT2D eigenvalue weighted by Crippen LogP contribution is -2.43. The number of hydrogen-bond donors (Lipinski definition) is 2. The summed E-state index contributed by atoms with van der Waals surface area (Å²) in [5.41, 5.74) is 0. The SMILES string of the molecule is COC(=O)CCCCCCNC(=O)C1CC2CCCCC2N1.Cl. The molecule has 0 aromatic heterocycles. The summed E-state index contributed by atoms with van der Waals surface area (Å²) in [4.78, 5) is 23.1. The van der Waals surface area contributed by atoms with Crippen molar-refractivity contribution >= 4 is 24.3 Å². The third-order valence-corrected chi connectivity index (χ3v) is 5.01. The van der Waals surface area contributed by atoms with E-state index in [4.69, 9.17) is 0 Å². The van der Waals surface area contributed by atoms with Gasteiger partial charge in [0, 0.05) is 19.0 Å². The van der Waals surface area contributed by atoms with E-state index < -0.39 is 0 Å². The Balaban J connectivity index is 0.00000264. The number of esters is 1. The summed E-state index contributed by atoms with van der Waals surface area (Å²) < 4.78 is 4.60. The number of carbonyl (C=O) groups is 2. The Morgan fingerprint density at radius 3 is 2.61 bits per heavy atom. The minimum atomic E-state index is -0.137. The fourth-order valence-electron chi connectivity index (χ4n) is 3.71. The maximum Gasteiger partial charge on any atom is 0.305 e. The van der Waals surface area contributed by atoms with Crippen molar-refractivity contribution in [3.8, 4) is 0 Å². The van der Waals surface area contributed by atoms with E-state index in [0.29, 0.717) is 18.4 Å². The van der Waals surface area contributed by atoms with E-state index in [1.165, 1.54) is 32.8 Å². The van der Waals surface area contributed by atoms with Crippen LogP contribution in [-0.4, -0.2) is 37.6 Å². The highest BCUT2D eigenvalue weighted by atomic mass is 35.5. The molecule has 0 radical (unpaired) electrons. The van der Waals surface area contributed by atoms with Crippen LogP contribution in [0.2, 0.25) is 0 Å². The molecule has 3 unspecified atom stereocenters. The number of halogens is 1. The van der Waals surface area contributed by atoms with Crippen molar-refractivity contribution in [2.24, 2.45) is 5.92 Å². The van der Waals surface area contributed by atoms with Crippen LogP contribution in [0.4, 0.5) is 0 Å². The van der Waals surface area contributed by atoms with E-state index >= 15 is 0 Å². The molecule has 5 nitrogen and oxygen atoms in total. The Labute approximate surface area is 145 Å². The first-order valence-electron chi connectivity index (χ1n) is 8.81. The van der Waals surface area contributed by atoms with Crippen LogP contribution in [0.5, 0.6) is 0 Å². The zero-order valence-electron chi connectivity index (χ0n) is 14.1. The summed E-state index contributed by atoms with van der Waals surface area (Å²) in [5, 5.41) is 6.56. The molecule has 134 valence electrons.